The fourth-order valence-corrected chi connectivity index (χ4v) is 1.89. The topological polar surface area (TPSA) is 69.7 Å². The van der Waals surface area contributed by atoms with E-state index in [9.17, 15) is 26.4 Å². The Morgan fingerprint density at radius 2 is 1.95 bits per heavy atom. The van der Waals surface area contributed by atoms with Crippen LogP contribution in [0.5, 0.6) is 11.5 Å². The van der Waals surface area contributed by atoms with Crippen molar-refractivity contribution in [3.8, 4) is 11.5 Å². The summed E-state index contributed by atoms with van der Waals surface area (Å²) < 4.78 is 67.7. The lowest BCUT2D eigenvalue weighted by Crippen LogP contribution is -2.28. The Kier molecular flexibility index (Phi) is 4.87. The molecule has 0 spiro atoms. The molecule has 0 aliphatic carbocycles. The molecule has 0 aliphatic rings. The number of aldehydes is 1. The number of hydrogen-bond donors (Lipinski definition) is 0. The first-order valence-corrected chi connectivity index (χ1v) is 6.83. The zero-order valence-electron chi connectivity index (χ0n) is 9.90. The van der Waals surface area contributed by atoms with Crippen molar-refractivity contribution >= 4 is 28.0 Å². The Morgan fingerprint density at radius 1 is 1.35 bits per heavy atom. The van der Waals surface area contributed by atoms with E-state index < -0.39 is 26.9 Å². The van der Waals surface area contributed by atoms with E-state index in [2.05, 4.69) is 4.18 Å². The van der Waals surface area contributed by atoms with Gasteiger partial charge in [-0.1, -0.05) is 11.6 Å². The molecule has 0 saturated carbocycles. The molecule has 1 aromatic rings. The minimum Gasteiger partial charge on any atom is -0.490 e. The van der Waals surface area contributed by atoms with Gasteiger partial charge in [-0.25, -0.2) is 0 Å². The molecule has 0 unspecified atom stereocenters. The number of alkyl halides is 3. The van der Waals surface area contributed by atoms with Crippen LogP contribution in [0.15, 0.2) is 12.1 Å². The Morgan fingerprint density at radius 3 is 2.40 bits per heavy atom. The monoisotopic (exact) mass is 332 g/mol. The van der Waals surface area contributed by atoms with E-state index in [0.29, 0.717) is 0 Å². The Bertz CT molecular complexity index is 612. The van der Waals surface area contributed by atoms with Crippen molar-refractivity contribution in [2.75, 3.05) is 6.61 Å². The molecule has 0 aliphatic heterocycles. The summed E-state index contributed by atoms with van der Waals surface area (Å²) in [5.41, 5.74) is -6.11. The number of halogens is 4. The van der Waals surface area contributed by atoms with Gasteiger partial charge in [0, 0.05) is 11.1 Å². The highest BCUT2D eigenvalue weighted by Crippen LogP contribution is 2.37. The van der Waals surface area contributed by atoms with Gasteiger partial charge in [-0.05, 0) is 13.0 Å². The van der Waals surface area contributed by atoms with E-state index in [4.69, 9.17) is 16.3 Å². The molecular weight excluding hydrogens is 325 g/mol. The zero-order valence-corrected chi connectivity index (χ0v) is 11.5. The average Bonchev–Trinajstić information content (AvgIpc) is 2.30. The predicted molar refractivity (Wildman–Crippen MR) is 63.6 cm³/mol. The van der Waals surface area contributed by atoms with Crippen LogP contribution >= 0.6 is 11.6 Å². The molecule has 0 atom stereocenters. The fourth-order valence-electron chi connectivity index (χ4n) is 1.19. The molecule has 0 saturated heterocycles. The number of carbonyl (C=O) groups excluding carboxylic acids is 1. The molecule has 10 heteroatoms. The first-order chi connectivity index (χ1) is 9.12. The molecule has 5 nitrogen and oxygen atoms in total. The van der Waals surface area contributed by atoms with Crippen LogP contribution in [0.25, 0.3) is 0 Å². The van der Waals surface area contributed by atoms with Gasteiger partial charge in [0.25, 0.3) is 0 Å². The second-order valence-electron chi connectivity index (χ2n) is 3.36. The fraction of sp³-hybridized carbons (Fsp3) is 0.300. The molecule has 0 radical (unpaired) electrons. The zero-order chi connectivity index (χ0) is 15.6. The third-order valence-electron chi connectivity index (χ3n) is 1.95. The van der Waals surface area contributed by atoms with Gasteiger partial charge < -0.3 is 8.92 Å². The highest BCUT2D eigenvalue weighted by atomic mass is 35.5. The van der Waals surface area contributed by atoms with E-state index in [1.807, 2.05) is 0 Å². The van der Waals surface area contributed by atoms with Crippen LogP contribution in [0.3, 0.4) is 0 Å². The molecule has 0 aromatic heterocycles. The smallest absolute Gasteiger partial charge is 0.490 e. The van der Waals surface area contributed by atoms with E-state index >= 15 is 0 Å². The van der Waals surface area contributed by atoms with Crippen LogP contribution in [0.4, 0.5) is 13.2 Å². The third-order valence-corrected chi connectivity index (χ3v) is 3.12. The van der Waals surface area contributed by atoms with E-state index in [1.54, 1.807) is 0 Å². The van der Waals surface area contributed by atoms with Crippen molar-refractivity contribution in [2.45, 2.75) is 12.4 Å². The second-order valence-corrected chi connectivity index (χ2v) is 5.33. The van der Waals surface area contributed by atoms with Crippen molar-refractivity contribution in [1.29, 1.82) is 0 Å². The van der Waals surface area contributed by atoms with Crippen molar-refractivity contribution in [1.82, 2.24) is 0 Å². The molecule has 1 rings (SSSR count). The normalized spacial score (nSPS) is 12.1. The molecule has 20 heavy (non-hydrogen) atoms. The maximum atomic E-state index is 12.3. The number of hydrogen-bond acceptors (Lipinski definition) is 5. The standard InChI is InChI=1S/C10H8ClF3O5S/c1-2-18-8-4-7(11)3-6(5-15)9(8)19-20(16,17)10(12,13)14/h3-5H,2H2,1H3. The van der Waals surface area contributed by atoms with Crippen molar-refractivity contribution in [3.05, 3.63) is 22.7 Å². The van der Waals surface area contributed by atoms with Crippen LogP contribution in [0.1, 0.15) is 17.3 Å². The van der Waals surface area contributed by atoms with E-state index in [0.717, 1.165) is 12.1 Å². The molecule has 0 amide bonds. The molecule has 0 heterocycles. The summed E-state index contributed by atoms with van der Waals surface area (Å²) in [7, 11) is -5.92. The quantitative estimate of drug-likeness (QED) is 0.471. The Hall–Kier alpha value is -1.48. The van der Waals surface area contributed by atoms with Gasteiger partial charge in [0.15, 0.2) is 17.8 Å². The molecule has 112 valence electrons. The number of rotatable bonds is 5. The van der Waals surface area contributed by atoms with Crippen LogP contribution in [0.2, 0.25) is 5.02 Å². The number of benzene rings is 1. The summed E-state index contributed by atoms with van der Waals surface area (Å²) in [6.07, 6.45) is 0.107. The lowest BCUT2D eigenvalue weighted by atomic mass is 10.2. The van der Waals surface area contributed by atoms with Gasteiger partial charge in [-0.3, -0.25) is 4.79 Å². The molecule has 0 bridgehead atoms. The average molecular weight is 333 g/mol. The van der Waals surface area contributed by atoms with Gasteiger partial charge in [0.05, 0.1) is 12.2 Å². The maximum Gasteiger partial charge on any atom is 0.534 e. The third kappa shape index (κ3) is 3.54. The SMILES string of the molecule is CCOc1cc(Cl)cc(C=O)c1OS(=O)(=O)C(F)(F)F. The Balaban J connectivity index is 3.40. The summed E-state index contributed by atoms with van der Waals surface area (Å²) in [5, 5.41) is -0.0210. The van der Waals surface area contributed by atoms with Gasteiger partial charge in [-0.15, -0.1) is 0 Å². The maximum absolute atomic E-state index is 12.3. The van der Waals surface area contributed by atoms with Crippen molar-refractivity contribution in [2.24, 2.45) is 0 Å². The summed E-state index contributed by atoms with van der Waals surface area (Å²) in [4.78, 5) is 10.8. The van der Waals surface area contributed by atoms with Crippen LogP contribution < -0.4 is 8.92 Å². The van der Waals surface area contributed by atoms with Gasteiger partial charge in [0.1, 0.15) is 0 Å². The Labute approximate surface area is 117 Å². The number of ether oxygens (including phenoxy) is 1. The molecule has 1 aromatic carbocycles. The lowest BCUT2D eigenvalue weighted by molar-refractivity contribution is -0.0500. The summed E-state index contributed by atoms with van der Waals surface area (Å²) in [6.45, 7) is 1.50. The minimum absolute atomic E-state index is 0.00106. The van der Waals surface area contributed by atoms with E-state index in [1.165, 1.54) is 6.92 Å². The summed E-state index contributed by atoms with van der Waals surface area (Å²) >= 11 is 5.63. The van der Waals surface area contributed by atoms with Crippen molar-refractivity contribution < 1.29 is 35.3 Å². The van der Waals surface area contributed by atoms with Gasteiger partial charge >= 0.3 is 15.6 Å². The highest BCUT2D eigenvalue weighted by Gasteiger charge is 2.49. The minimum atomic E-state index is -5.92. The first-order valence-electron chi connectivity index (χ1n) is 5.04. The van der Waals surface area contributed by atoms with Crippen LogP contribution in [0, 0.1) is 0 Å². The van der Waals surface area contributed by atoms with Crippen LogP contribution in [-0.2, 0) is 10.1 Å². The predicted octanol–water partition coefficient (Wildman–Crippen LogP) is 2.78. The van der Waals surface area contributed by atoms with Crippen molar-refractivity contribution in [3.63, 3.8) is 0 Å². The molecular formula is C10H8ClF3O5S. The molecule has 0 N–H and O–H groups in total. The number of carbonyl (C=O) groups is 1. The molecule has 0 fully saturated rings. The summed E-state index contributed by atoms with van der Waals surface area (Å²) in [6, 6.07) is 2.00. The van der Waals surface area contributed by atoms with Crippen LogP contribution in [-0.4, -0.2) is 26.8 Å². The van der Waals surface area contributed by atoms with Gasteiger partial charge in [0.2, 0.25) is 0 Å². The van der Waals surface area contributed by atoms with Gasteiger partial charge in [-0.2, -0.15) is 21.6 Å². The largest absolute Gasteiger partial charge is 0.534 e. The summed E-state index contributed by atoms with van der Waals surface area (Å²) in [5.74, 6) is -1.24. The highest BCUT2D eigenvalue weighted by molar-refractivity contribution is 7.88. The first kappa shape index (κ1) is 16.6. The second kappa shape index (κ2) is 5.88. The lowest BCUT2D eigenvalue weighted by Gasteiger charge is -2.15. The van der Waals surface area contributed by atoms with E-state index in [-0.39, 0.29) is 23.7 Å².